The molecule has 10 nitrogen and oxygen atoms in total. The van der Waals surface area contributed by atoms with Crippen molar-refractivity contribution in [3.8, 4) is 23.0 Å². The number of carbonyl (C=O) groups is 1. The molecule has 10 heteroatoms. The molecule has 0 spiro atoms. The second-order valence-electron chi connectivity index (χ2n) is 6.94. The number of nitrogens with two attached hydrogens (primary N) is 1. The van der Waals surface area contributed by atoms with Crippen LogP contribution in [-0.2, 0) is 4.74 Å². The number of rotatable bonds is 5. The minimum Gasteiger partial charge on any atom is -0.481 e. The Hall–Kier alpha value is -3.53. The van der Waals surface area contributed by atoms with Crippen LogP contribution >= 0.6 is 0 Å². The van der Waals surface area contributed by atoms with Crippen LogP contribution in [0.5, 0.6) is 5.88 Å². The fraction of sp³-hybridized carbons (Fsp3) is 0.350. The van der Waals surface area contributed by atoms with Gasteiger partial charge < -0.3 is 20.1 Å². The molecule has 0 saturated carbocycles. The number of nitrogens with zero attached hydrogens (tertiary/aromatic N) is 6. The molecule has 30 heavy (non-hydrogen) atoms. The van der Waals surface area contributed by atoms with E-state index in [1.807, 2.05) is 6.07 Å². The van der Waals surface area contributed by atoms with Crippen LogP contribution in [0, 0.1) is 0 Å². The molecule has 0 unspecified atom stereocenters. The van der Waals surface area contributed by atoms with E-state index in [1.54, 1.807) is 48.3 Å². The average molecular weight is 409 g/mol. The lowest BCUT2D eigenvalue weighted by atomic mass is 10.1. The van der Waals surface area contributed by atoms with Crippen molar-refractivity contribution in [2.24, 2.45) is 0 Å². The summed E-state index contributed by atoms with van der Waals surface area (Å²) in [6.45, 7) is 1.26. The molecule has 4 heterocycles. The molecule has 1 fully saturated rings. The highest BCUT2D eigenvalue weighted by molar-refractivity contribution is 5.93. The summed E-state index contributed by atoms with van der Waals surface area (Å²) in [5.41, 5.74) is 7.83. The Balaban J connectivity index is 1.70. The van der Waals surface area contributed by atoms with Crippen molar-refractivity contribution in [1.82, 2.24) is 29.6 Å². The van der Waals surface area contributed by atoms with Crippen molar-refractivity contribution in [2.75, 3.05) is 33.0 Å². The Morgan fingerprint density at radius 1 is 1.10 bits per heavy atom. The van der Waals surface area contributed by atoms with Crippen LogP contribution in [0.4, 0.5) is 5.82 Å². The third kappa shape index (κ3) is 3.94. The van der Waals surface area contributed by atoms with E-state index in [0.29, 0.717) is 47.6 Å². The Bertz CT molecular complexity index is 1010. The summed E-state index contributed by atoms with van der Waals surface area (Å²) in [6, 6.07) is 5.26. The average Bonchev–Trinajstić information content (AvgIpc) is 3.24. The molecule has 0 radical (unpaired) electrons. The lowest BCUT2D eigenvalue weighted by Gasteiger charge is -2.30. The fourth-order valence-corrected chi connectivity index (χ4v) is 3.41. The first-order valence-corrected chi connectivity index (χ1v) is 9.59. The maximum absolute atomic E-state index is 13.1. The van der Waals surface area contributed by atoms with Crippen LogP contribution in [0.3, 0.4) is 0 Å². The van der Waals surface area contributed by atoms with Crippen molar-refractivity contribution in [2.45, 2.75) is 18.9 Å². The van der Waals surface area contributed by atoms with Crippen molar-refractivity contribution < 1.29 is 14.3 Å². The van der Waals surface area contributed by atoms with Crippen LogP contribution in [-0.4, -0.2) is 69.0 Å². The van der Waals surface area contributed by atoms with Gasteiger partial charge in [0.1, 0.15) is 11.5 Å². The largest absolute Gasteiger partial charge is 0.481 e. The second kappa shape index (κ2) is 8.46. The number of hydrogen-bond donors (Lipinski definition) is 1. The van der Waals surface area contributed by atoms with Gasteiger partial charge in [0.15, 0.2) is 5.69 Å². The molecule has 1 aliphatic rings. The van der Waals surface area contributed by atoms with E-state index in [2.05, 4.69) is 20.1 Å². The summed E-state index contributed by atoms with van der Waals surface area (Å²) < 4.78 is 12.1. The van der Waals surface area contributed by atoms with E-state index >= 15 is 0 Å². The van der Waals surface area contributed by atoms with E-state index in [0.717, 1.165) is 12.8 Å². The van der Waals surface area contributed by atoms with E-state index < -0.39 is 0 Å². The van der Waals surface area contributed by atoms with Gasteiger partial charge in [-0.15, -0.1) is 0 Å². The van der Waals surface area contributed by atoms with Crippen LogP contribution < -0.4 is 10.5 Å². The quantitative estimate of drug-likeness (QED) is 0.674. The molecule has 0 aromatic carbocycles. The third-order valence-electron chi connectivity index (χ3n) is 5.10. The van der Waals surface area contributed by atoms with E-state index in [-0.39, 0.29) is 12.0 Å². The standard InChI is InChI=1S/C20H23N7O3/c1-29-14-5-7-26(8-6-14)20(28)15-9-17(16-11-23-18(21)12-22-16)27(25-15)13-3-4-19(30-2)24-10-13/h3-4,9-12,14H,5-8H2,1-2H3,(H2,21,23). The van der Waals surface area contributed by atoms with Gasteiger partial charge in [-0.1, -0.05) is 0 Å². The lowest BCUT2D eigenvalue weighted by Crippen LogP contribution is -2.40. The Kier molecular flexibility index (Phi) is 5.57. The monoisotopic (exact) mass is 409 g/mol. The van der Waals surface area contributed by atoms with Gasteiger partial charge in [-0.05, 0) is 25.0 Å². The van der Waals surface area contributed by atoms with E-state index in [1.165, 1.54) is 6.20 Å². The van der Waals surface area contributed by atoms with Crippen LogP contribution in [0.25, 0.3) is 17.1 Å². The molecule has 1 aliphatic heterocycles. The zero-order valence-electron chi connectivity index (χ0n) is 16.9. The van der Waals surface area contributed by atoms with Crippen LogP contribution in [0.2, 0.25) is 0 Å². The number of pyridine rings is 1. The highest BCUT2D eigenvalue weighted by atomic mass is 16.5. The molecule has 0 atom stereocenters. The first kappa shape index (κ1) is 19.8. The third-order valence-corrected chi connectivity index (χ3v) is 5.10. The molecule has 0 aliphatic carbocycles. The van der Waals surface area contributed by atoms with Gasteiger partial charge >= 0.3 is 0 Å². The number of amides is 1. The number of ether oxygens (including phenoxy) is 2. The maximum atomic E-state index is 13.1. The van der Waals surface area contributed by atoms with Gasteiger partial charge in [-0.25, -0.2) is 19.6 Å². The molecule has 3 aromatic rings. The molecule has 3 aromatic heterocycles. The topological polar surface area (TPSA) is 121 Å². The first-order valence-electron chi connectivity index (χ1n) is 9.59. The zero-order chi connectivity index (χ0) is 21.1. The van der Waals surface area contributed by atoms with Gasteiger partial charge in [0.2, 0.25) is 5.88 Å². The van der Waals surface area contributed by atoms with Gasteiger partial charge in [0.25, 0.3) is 5.91 Å². The van der Waals surface area contributed by atoms with Crippen molar-refractivity contribution in [1.29, 1.82) is 0 Å². The Morgan fingerprint density at radius 2 is 1.90 bits per heavy atom. The molecule has 2 N–H and O–H groups in total. The number of hydrogen-bond acceptors (Lipinski definition) is 8. The molecule has 156 valence electrons. The van der Waals surface area contributed by atoms with E-state index in [9.17, 15) is 4.79 Å². The second-order valence-corrected chi connectivity index (χ2v) is 6.94. The first-order chi connectivity index (χ1) is 14.6. The van der Waals surface area contributed by atoms with Crippen molar-refractivity contribution in [3.05, 3.63) is 42.5 Å². The summed E-state index contributed by atoms with van der Waals surface area (Å²) in [7, 11) is 3.25. The fourth-order valence-electron chi connectivity index (χ4n) is 3.41. The van der Waals surface area contributed by atoms with Gasteiger partial charge in [0.05, 0.1) is 43.2 Å². The maximum Gasteiger partial charge on any atom is 0.274 e. The van der Waals surface area contributed by atoms with Crippen LogP contribution in [0.15, 0.2) is 36.8 Å². The lowest BCUT2D eigenvalue weighted by molar-refractivity contribution is 0.0347. The molecule has 1 saturated heterocycles. The zero-order valence-corrected chi connectivity index (χ0v) is 16.9. The summed E-state index contributed by atoms with van der Waals surface area (Å²) >= 11 is 0. The summed E-state index contributed by atoms with van der Waals surface area (Å²) in [5.74, 6) is 0.666. The summed E-state index contributed by atoms with van der Waals surface area (Å²) in [5, 5.41) is 4.56. The molecular weight excluding hydrogens is 386 g/mol. The normalized spacial score (nSPS) is 14.7. The summed E-state index contributed by atoms with van der Waals surface area (Å²) in [4.78, 5) is 27.6. The van der Waals surface area contributed by atoms with Crippen molar-refractivity contribution >= 4 is 11.7 Å². The number of likely N-dealkylation sites (tertiary alicyclic amines) is 1. The SMILES string of the molecule is COc1ccc(-n2nc(C(=O)N3CCC(OC)CC3)cc2-c2cnc(N)cn2)cn1. The van der Waals surface area contributed by atoms with E-state index in [4.69, 9.17) is 15.2 Å². The smallest absolute Gasteiger partial charge is 0.274 e. The minimum absolute atomic E-state index is 0.130. The van der Waals surface area contributed by atoms with Crippen LogP contribution in [0.1, 0.15) is 23.3 Å². The molecule has 1 amide bonds. The molecule has 0 bridgehead atoms. The highest BCUT2D eigenvalue weighted by Crippen LogP contribution is 2.24. The van der Waals surface area contributed by atoms with Gasteiger partial charge in [-0.3, -0.25) is 4.79 Å². The number of nitrogen functional groups attached to an aromatic ring is 1. The highest BCUT2D eigenvalue weighted by Gasteiger charge is 2.26. The number of aromatic nitrogens is 5. The number of anilines is 1. The predicted molar refractivity (Wildman–Crippen MR) is 109 cm³/mol. The Morgan fingerprint density at radius 3 is 2.50 bits per heavy atom. The number of carbonyl (C=O) groups excluding carboxylic acids is 1. The predicted octanol–water partition coefficient (Wildman–Crippen LogP) is 1.57. The number of piperidine rings is 1. The Labute approximate surface area is 173 Å². The van der Waals surface area contributed by atoms with Crippen molar-refractivity contribution in [3.63, 3.8) is 0 Å². The molecular formula is C20H23N7O3. The minimum atomic E-state index is -0.130. The van der Waals surface area contributed by atoms with Gasteiger partial charge in [0, 0.05) is 26.3 Å². The molecule has 4 rings (SSSR count). The number of methoxy groups -OCH3 is 2. The summed E-state index contributed by atoms with van der Waals surface area (Å²) in [6.07, 6.45) is 6.45. The van der Waals surface area contributed by atoms with Gasteiger partial charge in [-0.2, -0.15) is 5.10 Å².